The largest absolute Gasteiger partial charge is 0.429 e. The first-order valence-corrected chi connectivity index (χ1v) is 5.26. The third kappa shape index (κ3) is 1.62. The van der Waals surface area contributed by atoms with Crippen molar-refractivity contribution >= 4 is 33.3 Å². The molecule has 0 fully saturated rings. The minimum absolute atomic E-state index is 0.219. The lowest BCUT2D eigenvalue weighted by Crippen LogP contribution is -1.81. The molecular formula is C8H7BrN2OS. The van der Waals surface area contributed by atoms with Crippen LogP contribution in [0.2, 0.25) is 0 Å². The van der Waals surface area contributed by atoms with Crippen LogP contribution < -0.4 is 5.73 Å². The Balaban J connectivity index is 2.51. The molecule has 5 heteroatoms. The second-order valence-corrected chi connectivity index (χ2v) is 5.02. The van der Waals surface area contributed by atoms with E-state index in [0.29, 0.717) is 0 Å². The summed E-state index contributed by atoms with van der Waals surface area (Å²) in [6, 6.07) is 4.18. The number of nitrogens with two attached hydrogens (primary N) is 1. The van der Waals surface area contributed by atoms with Crippen molar-refractivity contribution in [3.8, 4) is 10.6 Å². The molecule has 2 aromatic heterocycles. The van der Waals surface area contributed by atoms with E-state index < -0.39 is 0 Å². The minimum atomic E-state index is 0.219. The van der Waals surface area contributed by atoms with Crippen molar-refractivity contribution in [3.05, 3.63) is 21.7 Å². The molecule has 2 heterocycles. The highest BCUT2D eigenvalue weighted by molar-refractivity contribution is 9.11. The van der Waals surface area contributed by atoms with Gasteiger partial charge >= 0.3 is 0 Å². The molecule has 0 amide bonds. The Hall–Kier alpha value is -0.810. The van der Waals surface area contributed by atoms with E-state index in [9.17, 15) is 0 Å². The molecule has 0 spiro atoms. The van der Waals surface area contributed by atoms with Gasteiger partial charge in [0.2, 0.25) is 0 Å². The fourth-order valence-corrected chi connectivity index (χ4v) is 2.51. The molecule has 0 saturated heterocycles. The predicted octanol–water partition coefficient (Wildman–Crippen LogP) is 3.06. The van der Waals surface area contributed by atoms with Crippen molar-refractivity contribution in [1.82, 2.24) is 4.98 Å². The average Bonchev–Trinajstić information content (AvgIpc) is 2.58. The van der Waals surface area contributed by atoms with Gasteiger partial charge in [0.15, 0.2) is 0 Å². The smallest absolute Gasteiger partial charge is 0.292 e. The summed E-state index contributed by atoms with van der Waals surface area (Å²) < 4.78 is 6.21. The monoisotopic (exact) mass is 258 g/mol. The van der Waals surface area contributed by atoms with Crippen LogP contribution in [0.15, 0.2) is 20.3 Å². The number of hydrogen-bond donors (Lipinski definition) is 1. The first kappa shape index (κ1) is 8.77. The van der Waals surface area contributed by atoms with Crippen LogP contribution in [0.25, 0.3) is 10.6 Å². The Morgan fingerprint density at radius 1 is 1.54 bits per heavy atom. The first-order valence-electron chi connectivity index (χ1n) is 3.65. The zero-order valence-corrected chi connectivity index (χ0v) is 9.28. The van der Waals surface area contributed by atoms with Gasteiger partial charge in [-0.15, -0.1) is 11.3 Å². The summed E-state index contributed by atoms with van der Waals surface area (Å²) in [6.45, 7) is 1.85. The van der Waals surface area contributed by atoms with Gasteiger partial charge < -0.3 is 10.2 Å². The predicted molar refractivity (Wildman–Crippen MR) is 56.7 cm³/mol. The van der Waals surface area contributed by atoms with Gasteiger partial charge in [-0.2, -0.15) is 4.98 Å². The molecule has 0 aliphatic rings. The van der Waals surface area contributed by atoms with Crippen molar-refractivity contribution in [2.75, 3.05) is 5.73 Å². The van der Waals surface area contributed by atoms with Crippen LogP contribution in [-0.4, -0.2) is 4.98 Å². The number of thiophene rings is 1. The lowest BCUT2D eigenvalue weighted by Gasteiger charge is -1.88. The number of nitrogens with zero attached hydrogens (tertiary/aromatic N) is 1. The van der Waals surface area contributed by atoms with E-state index in [1.807, 2.05) is 19.1 Å². The second kappa shape index (κ2) is 3.16. The van der Waals surface area contributed by atoms with E-state index in [-0.39, 0.29) is 6.01 Å². The summed E-state index contributed by atoms with van der Waals surface area (Å²) in [7, 11) is 0. The van der Waals surface area contributed by atoms with Crippen LogP contribution in [-0.2, 0) is 0 Å². The van der Waals surface area contributed by atoms with Crippen molar-refractivity contribution in [1.29, 1.82) is 0 Å². The summed E-state index contributed by atoms with van der Waals surface area (Å²) in [5.74, 6) is 0.756. The summed E-state index contributed by atoms with van der Waals surface area (Å²) >= 11 is 5.00. The van der Waals surface area contributed by atoms with Crippen molar-refractivity contribution in [2.24, 2.45) is 0 Å². The number of aryl methyl sites for hydroxylation is 1. The molecule has 0 aliphatic heterocycles. The minimum Gasteiger partial charge on any atom is -0.429 e. The van der Waals surface area contributed by atoms with Crippen LogP contribution in [0.5, 0.6) is 0 Å². The Morgan fingerprint density at radius 2 is 2.31 bits per heavy atom. The molecule has 2 N–H and O–H groups in total. The van der Waals surface area contributed by atoms with E-state index >= 15 is 0 Å². The zero-order chi connectivity index (χ0) is 9.42. The highest BCUT2D eigenvalue weighted by atomic mass is 79.9. The maximum atomic E-state index is 5.44. The number of oxazole rings is 1. The first-order chi connectivity index (χ1) is 6.16. The van der Waals surface area contributed by atoms with Gasteiger partial charge in [-0.25, -0.2) is 0 Å². The van der Waals surface area contributed by atoms with Crippen molar-refractivity contribution < 1.29 is 4.42 Å². The van der Waals surface area contributed by atoms with E-state index in [2.05, 4.69) is 20.9 Å². The highest BCUT2D eigenvalue weighted by Crippen LogP contribution is 2.33. The Bertz CT molecular complexity index is 435. The lowest BCUT2D eigenvalue weighted by molar-refractivity contribution is 0.549. The molecule has 0 atom stereocenters. The lowest BCUT2D eigenvalue weighted by atomic mass is 10.3. The molecule has 2 aromatic rings. The Kier molecular flexibility index (Phi) is 2.13. The highest BCUT2D eigenvalue weighted by Gasteiger charge is 2.11. The maximum absolute atomic E-state index is 5.44. The molecule has 13 heavy (non-hydrogen) atoms. The SMILES string of the molecule is Cc1oc(N)nc1-c1ccc(Br)s1. The van der Waals surface area contributed by atoms with Gasteiger partial charge in [0.1, 0.15) is 11.5 Å². The molecule has 68 valence electrons. The second-order valence-electron chi connectivity index (χ2n) is 2.56. The molecule has 0 aromatic carbocycles. The number of nitrogen functional groups attached to an aromatic ring is 1. The van der Waals surface area contributed by atoms with Gasteiger partial charge in [0, 0.05) is 0 Å². The summed E-state index contributed by atoms with van der Waals surface area (Å²) in [6.07, 6.45) is 0. The fraction of sp³-hybridized carbons (Fsp3) is 0.125. The van der Waals surface area contributed by atoms with E-state index in [0.717, 1.165) is 20.1 Å². The number of hydrogen-bond acceptors (Lipinski definition) is 4. The number of rotatable bonds is 1. The summed E-state index contributed by atoms with van der Waals surface area (Å²) in [4.78, 5) is 5.15. The molecule has 0 bridgehead atoms. The van der Waals surface area contributed by atoms with Crippen LogP contribution in [0.4, 0.5) is 6.01 Å². The van der Waals surface area contributed by atoms with Gasteiger partial charge in [-0.3, -0.25) is 0 Å². The normalized spacial score (nSPS) is 10.6. The van der Waals surface area contributed by atoms with Crippen LogP contribution in [0.1, 0.15) is 5.76 Å². The number of halogens is 1. The Morgan fingerprint density at radius 3 is 2.77 bits per heavy atom. The maximum Gasteiger partial charge on any atom is 0.292 e. The summed E-state index contributed by atoms with van der Waals surface area (Å²) in [5, 5.41) is 0. The van der Waals surface area contributed by atoms with Gasteiger partial charge in [0.05, 0.1) is 8.66 Å². The van der Waals surface area contributed by atoms with Crippen molar-refractivity contribution in [3.63, 3.8) is 0 Å². The van der Waals surface area contributed by atoms with Crippen LogP contribution >= 0.6 is 27.3 Å². The standard InChI is InChI=1S/C8H7BrN2OS/c1-4-7(11-8(10)12-4)5-2-3-6(9)13-5/h2-3H,1H3,(H2,10,11). The zero-order valence-electron chi connectivity index (χ0n) is 6.87. The molecular weight excluding hydrogens is 252 g/mol. The average molecular weight is 259 g/mol. The molecule has 3 nitrogen and oxygen atoms in total. The third-order valence-electron chi connectivity index (χ3n) is 1.62. The third-order valence-corrected chi connectivity index (χ3v) is 3.25. The molecule has 0 unspecified atom stereocenters. The molecule has 0 saturated carbocycles. The molecule has 2 rings (SSSR count). The van der Waals surface area contributed by atoms with E-state index in [1.165, 1.54) is 0 Å². The van der Waals surface area contributed by atoms with Gasteiger partial charge in [-0.1, -0.05) is 0 Å². The topological polar surface area (TPSA) is 52.0 Å². The number of aromatic nitrogens is 1. The quantitative estimate of drug-likeness (QED) is 0.856. The number of anilines is 1. The van der Waals surface area contributed by atoms with Crippen LogP contribution in [0.3, 0.4) is 0 Å². The van der Waals surface area contributed by atoms with E-state index in [1.54, 1.807) is 11.3 Å². The van der Waals surface area contributed by atoms with Crippen molar-refractivity contribution in [2.45, 2.75) is 6.92 Å². The fourth-order valence-electron chi connectivity index (χ4n) is 1.09. The van der Waals surface area contributed by atoms with Gasteiger partial charge in [-0.05, 0) is 35.0 Å². The van der Waals surface area contributed by atoms with Gasteiger partial charge in [0.25, 0.3) is 6.01 Å². The van der Waals surface area contributed by atoms with E-state index in [4.69, 9.17) is 10.2 Å². The molecule has 0 radical (unpaired) electrons. The molecule has 0 aliphatic carbocycles. The van der Waals surface area contributed by atoms with Crippen LogP contribution in [0, 0.1) is 6.92 Å². The Labute approximate surface area is 87.7 Å². The summed E-state index contributed by atoms with van der Waals surface area (Å²) in [5.41, 5.74) is 6.27.